The topological polar surface area (TPSA) is 74.7 Å². The number of anilines is 3. The molecular weight excluding hydrogens is 236 g/mol. The third kappa shape index (κ3) is 2.47. The highest BCUT2D eigenvalue weighted by molar-refractivity contribution is 6.29. The molecule has 17 heavy (non-hydrogen) atoms. The molecule has 0 aliphatic carbocycles. The lowest BCUT2D eigenvalue weighted by molar-refractivity contribution is 1.31. The van der Waals surface area contributed by atoms with E-state index in [4.69, 9.17) is 22.6 Å². The lowest BCUT2D eigenvalue weighted by Gasteiger charge is -2.09. The summed E-state index contributed by atoms with van der Waals surface area (Å²) in [5, 5.41) is 12.3. The van der Waals surface area contributed by atoms with Gasteiger partial charge >= 0.3 is 0 Å². The minimum Gasteiger partial charge on any atom is -0.396 e. The Balaban J connectivity index is 2.38. The number of hydrogen-bond acceptors (Lipinski definition) is 4. The third-order valence-electron chi connectivity index (χ3n) is 2.19. The molecule has 4 nitrogen and oxygen atoms in total. The number of nitrogens with zero attached hydrogens (tertiary/aromatic N) is 2. The van der Waals surface area contributed by atoms with Crippen LogP contribution in [-0.2, 0) is 0 Å². The van der Waals surface area contributed by atoms with Crippen LogP contribution in [0.3, 0.4) is 0 Å². The van der Waals surface area contributed by atoms with Crippen molar-refractivity contribution in [3.63, 3.8) is 0 Å². The molecule has 0 fully saturated rings. The zero-order chi connectivity index (χ0) is 12.3. The number of halogens is 1. The molecule has 1 heterocycles. The van der Waals surface area contributed by atoms with Crippen molar-refractivity contribution < 1.29 is 0 Å². The van der Waals surface area contributed by atoms with Crippen LogP contribution >= 0.6 is 11.6 Å². The molecule has 2 rings (SSSR count). The second-order valence-electron chi connectivity index (χ2n) is 3.35. The van der Waals surface area contributed by atoms with Gasteiger partial charge in [0.05, 0.1) is 16.9 Å². The van der Waals surface area contributed by atoms with E-state index in [1.54, 1.807) is 30.3 Å². The van der Waals surface area contributed by atoms with Crippen molar-refractivity contribution in [2.45, 2.75) is 0 Å². The number of para-hydroxylation sites is 1. The van der Waals surface area contributed by atoms with Gasteiger partial charge in [0.1, 0.15) is 11.2 Å². The number of benzene rings is 1. The number of hydrogen-bond donors (Lipinski definition) is 2. The maximum atomic E-state index is 8.95. The monoisotopic (exact) mass is 244 g/mol. The van der Waals surface area contributed by atoms with Gasteiger partial charge in [0.15, 0.2) is 5.82 Å². The van der Waals surface area contributed by atoms with Gasteiger partial charge in [-0.15, -0.1) is 0 Å². The normalized spacial score (nSPS) is 9.65. The summed E-state index contributed by atoms with van der Waals surface area (Å²) in [6, 6.07) is 12.5. The van der Waals surface area contributed by atoms with E-state index >= 15 is 0 Å². The summed E-state index contributed by atoms with van der Waals surface area (Å²) in [5.74, 6) is 0.445. The summed E-state index contributed by atoms with van der Waals surface area (Å²) in [7, 11) is 0. The third-order valence-corrected chi connectivity index (χ3v) is 2.40. The minimum atomic E-state index is 0.344. The number of aromatic nitrogens is 1. The van der Waals surface area contributed by atoms with Crippen LogP contribution in [0.1, 0.15) is 5.56 Å². The SMILES string of the molecule is N#Cc1ccccc1Nc1nc(Cl)ccc1N. The van der Waals surface area contributed by atoms with Gasteiger partial charge in [0.25, 0.3) is 0 Å². The van der Waals surface area contributed by atoms with Gasteiger partial charge in [-0.1, -0.05) is 23.7 Å². The maximum absolute atomic E-state index is 8.95. The van der Waals surface area contributed by atoms with Crippen LogP contribution in [0.5, 0.6) is 0 Å². The summed E-state index contributed by atoms with van der Waals surface area (Å²) in [6.45, 7) is 0. The van der Waals surface area contributed by atoms with Crippen molar-refractivity contribution in [2.75, 3.05) is 11.1 Å². The van der Waals surface area contributed by atoms with Gasteiger partial charge in [0.2, 0.25) is 0 Å². The van der Waals surface area contributed by atoms with Crippen molar-refractivity contribution >= 4 is 28.8 Å². The molecule has 0 unspecified atom stereocenters. The Bertz CT molecular complexity index is 589. The van der Waals surface area contributed by atoms with Gasteiger partial charge in [-0.2, -0.15) is 5.26 Å². The number of nitrogens with one attached hydrogen (secondary N) is 1. The highest BCUT2D eigenvalue weighted by Crippen LogP contribution is 2.24. The Labute approximate surface area is 104 Å². The molecule has 1 aromatic heterocycles. The number of nitrogens with two attached hydrogens (primary N) is 1. The Morgan fingerprint density at radius 2 is 2.00 bits per heavy atom. The molecule has 3 N–H and O–H groups in total. The number of pyridine rings is 1. The first-order chi connectivity index (χ1) is 8.20. The standard InChI is InChI=1S/C12H9ClN4/c13-11-6-5-9(15)12(17-11)16-10-4-2-1-3-8(10)7-14/h1-6H,15H2,(H,16,17). The summed E-state index contributed by atoms with van der Waals surface area (Å²) >= 11 is 5.79. The molecule has 0 aliphatic heterocycles. The molecule has 0 radical (unpaired) electrons. The first-order valence-corrected chi connectivity index (χ1v) is 5.26. The van der Waals surface area contributed by atoms with Gasteiger partial charge in [0, 0.05) is 0 Å². The highest BCUT2D eigenvalue weighted by Gasteiger charge is 2.05. The molecule has 84 valence electrons. The fourth-order valence-electron chi connectivity index (χ4n) is 1.36. The van der Waals surface area contributed by atoms with Gasteiger partial charge in [-0.25, -0.2) is 4.98 Å². The molecule has 0 saturated carbocycles. The Morgan fingerprint density at radius 1 is 1.24 bits per heavy atom. The predicted octanol–water partition coefficient (Wildman–Crippen LogP) is 2.93. The molecule has 1 aromatic carbocycles. The summed E-state index contributed by atoms with van der Waals surface area (Å²) in [4.78, 5) is 4.06. The van der Waals surface area contributed by atoms with Gasteiger partial charge in [-0.3, -0.25) is 0 Å². The van der Waals surface area contributed by atoms with Crippen LogP contribution < -0.4 is 11.1 Å². The molecule has 0 aliphatic rings. The lowest BCUT2D eigenvalue weighted by atomic mass is 10.2. The first kappa shape index (κ1) is 11.2. The molecule has 0 saturated heterocycles. The molecule has 2 aromatic rings. The largest absolute Gasteiger partial charge is 0.396 e. The molecular formula is C12H9ClN4. The molecule has 0 bridgehead atoms. The van der Waals surface area contributed by atoms with Crippen molar-refractivity contribution in [2.24, 2.45) is 0 Å². The quantitative estimate of drug-likeness (QED) is 0.797. The van der Waals surface area contributed by atoms with E-state index in [0.29, 0.717) is 27.9 Å². The molecule has 5 heteroatoms. The smallest absolute Gasteiger partial charge is 0.155 e. The van der Waals surface area contributed by atoms with Crippen LogP contribution in [0, 0.1) is 11.3 Å². The zero-order valence-corrected chi connectivity index (χ0v) is 9.57. The molecule has 0 amide bonds. The number of rotatable bonds is 2. The van der Waals surface area contributed by atoms with E-state index in [-0.39, 0.29) is 0 Å². The van der Waals surface area contributed by atoms with Crippen molar-refractivity contribution in [3.05, 3.63) is 47.1 Å². The second kappa shape index (κ2) is 4.73. The highest BCUT2D eigenvalue weighted by atomic mass is 35.5. The fourth-order valence-corrected chi connectivity index (χ4v) is 1.51. The van der Waals surface area contributed by atoms with E-state index < -0.39 is 0 Å². The van der Waals surface area contributed by atoms with Crippen LogP contribution in [0.2, 0.25) is 5.15 Å². The summed E-state index contributed by atoms with van der Waals surface area (Å²) < 4.78 is 0. The Hall–Kier alpha value is -2.25. The van der Waals surface area contributed by atoms with E-state index in [1.165, 1.54) is 0 Å². The Kier molecular flexibility index (Phi) is 3.12. The fraction of sp³-hybridized carbons (Fsp3) is 0. The van der Waals surface area contributed by atoms with Crippen molar-refractivity contribution in [1.82, 2.24) is 4.98 Å². The van der Waals surface area contributed by atoms with Crippen molar-refractivity contribution in [1.29, 1.82) is 5.26 Å². The molecule has 0 atom stereocenters. The van der Waals surface area contributed by atoms with E-state index in [1.807, 2.05) is 6.07 Å². The molecule has 0 spiro atoms. The average molecular weight is 245 g/mol. The van der Waals surface area contributed by atoms with E-state index in [2.05, 4.69) is 16.4 Å². The van der Waals surface area contributed by atoms with Gasteiger partial charge < -0.3 is 11.1 Å². The summed E-state index contributed by atoms with van der Waals surface area (Å²) in [6.07, 6.45) is 0. The average Bonchev–Trinajstić information content (AvgIpc) is 2.34. The maximum Gasteiger partial charge on any atom is 0.155 e. The Morgan fingerprint density at radius 3 is 2.76 bits per heavy atom. The van der Waals surface area contributed by atoms with Crippen LogP contribution in [-0.4, -0.2) is 4.98 Å². The van der Waals surface area contributed by atoms with Gasteiger partial charge in [-0.05, 0) is 24.3 Å². The zero-order valence-electron chi connectivity index (χ0n) is 8.81. The van der Waals surface area contributed by atoms with Crippen LogP contribution in [0.4, 0.5) is 17.2 Å². The first-order valence-electron chi connectivity index (χ1n) is 4.89. The summed E-state index contributed by atoms with van der Waals surface area (Å²) in [5.41, 5.74) is 7.41. The van der Waals surface area contributed by atoms with Crippen molar-refractivity contribution in [3.8, 4) is 6.07 Å². The van der Waals surface area contributed by atoms with E-state index in [9.17, 15) is 0 Å². The van der Waals surface area contributed by atoms with Crippen LogP contribution in [0.15, 0.2) is 36.4 Å². The van der Waals surface area contributed by atoms with Crippen LogP contribution in [0.25, 0.3) is 0 Å². The number of nitriles is 1. The lowest BCUT2D eigenvalue weighted by Crippen LogP contribution is -2.00. The second-order valence-corrected chi connectivity index (χ2v) is 3.74. The van der Waals surface area contributed by atoms with E-state index in [0.717, 1.165) is 0 Å². The minimum absolute atomic E-state index is 0.344. The number of nitrogen functional groups attached to an aromatic ring is 1. The predicted molar refractivity (Wildman–Crippen MR) is 68.1 cm³/mol.